The van der Waals surface area contributed by atoms with E-state index in [1.165, 1.54) is 0 Å². The Morgan fingerprint density at radius 1 is 1.29 bits per heavy atom. The number of hydrogen-bond donors (Lipinski definition) is 2. The lowest BCUT2D eigenvalue weighted by molar-refractivity contribution is 0.587. The van der Waals surface area contributed by atoms with Gasteiger partial charge in [-0.1, -0.05) is 12.1 Å². The molecule has 2 aromatic rings. The molecule has 2 rings (SSSR count). The third-order valence-corrected chi connectivity index (χ3v) is 2.16. The van der Waals surface area contributed by atoms with Crippen LogP contribution in [-0.2, 0) is 0 Å². The van der Waals surface area contributed by atoms with Gasteiger partial charge in [-0.25, -0.2) is 4.98 Å². The standard InChI is InChI=1S/C10H12N4/c1-7(14-11)10-6-12-8-4-2-3-5-9(8)13-10/h2-7,14H,11H2,1H3. The highest BCUT2D eigenvalue weighted by Gasteiger charge is 2.05. The van der Waals surface area contributed by atoms with Crippen molar-refractivity contribution in [2.75, 3.05) is 0 Å². The van der Waals surface area contributed by atoms with Gasteiger partial charge in [0.1, 0.15) is 0 Å². The number of nitrogens with zero attached hydrogens (tertiary/aromatic N) is 2. The van der Waals surface area contributed by atoms with Gasteiger partial charge in [0.15, 0.2) is 0 Å². The van der Waals surface area contributed by atoms with Gasteiger partial charge in [0.05, 0.1) is 29.0 Å². The summed E-state index contributed by atoms with van der Waals surface area (Å²) in [5.74, 6) is 5.33. The topological polar surface area (TPSA) is 63.8 Å². The second kappa shape index (κ2) is 3.69. The number of nitrogens with one attached hydrogen (secondary N) is 1. The summed E-state index contributed by atoms with van der Waals surface area (Å²) in [6, 6.07) is 7.79. The van der Waals surface area contributed by atoms with Crippen LogP contribution in [0.4, 0.5) is 0 Å². The van der Waals surface area contributed by atoms with Gasteiger partial charge < -0.3 is 0 Å². The molecule has 0 aliphatic carbocycles. The average Bonchev–Trinajstić information content (AvgIpc) is 2.27. The van der Waals surface area contributed by atoms with Gasteiger partial charge in [-0.3, -0.25) is 16.3 Å². The molecule has 0 aliphatic rings. The Morgan fingerprint density at radius 2 is 2.00 bits per heavy atom. The van der Waals surface area contributed by atoms with Gasteiger partial charge in [-0.15, -0.1) is 0 Å². The number of rotatable bonds is 2. The minimum atomic E-state index is 0.0205. The van der Waals surface area contributed by atoms with Crippen molar-refractivity contribution in [3.05, 3.63) is 36.2 Å². The Morgan fingerprint density at radius 3 is 2.71 bits per heavy atom. The van der Waals surface area contributed by atoms with Crippen LogP contribution >= 0.6 is 0 Å². The normalized spacial score (nSPS) is 13.0. The van der Waals surface area contributed by atoms with E-state index in [9.17, 15) is 0 Å². The minimum absolute atomic E-state index is 0.0205. The Balaban J connectivity index is 2.51. The maximum absolute atomic E-state index is 5.33. The lowest BCUT2D eigenvalue weighted by atomic mass is 10.2. The van der Waals surface area contributed by atoms with Crippen LogP contribution in [0.5, 0.6) is 0 Å². The predicted octanol–water partition coefficient (Wildman–Crippen LogP) is 1.15. The molecule has 0 fully saturated rings. The van der Waals surface area contributed by atoms with E-state index in [0.717, 1.165) is 16.7 Å². The Hall–Kier alpha value is -1.52. The molecule has 0 bridgehead atoms. The second-order valence-corrected chi connectivity index (χ2v) is 3.17. The third-order valence-electron chi connectivity index (χ3n) is 2.16. The molecule has 1 heterocycles. The first-order valence-corrected chi connectivity index (χ1v) is 4.49. The van der Waals surface area contributed by atoms with E-state index < -0.39 is 0 Å². The first-order chi connectivity index (χ1) is 6.81. The van der Waals surface area contributed by atoms with Crippen molar-refractivity contribution in [1.29, 1.82) is 0 Å². The zero-order chi connectivity index (χ0) is 9.97. The Kier molecular flexibility index (Phi) is 2.39. The van der Waals surface area contributed by atoms with E-state index in [-0.39, 0.29) is 6.04 Å². The number of hydrogen-bond acceptors (Lipinski definition) is 4. The highest BCUT2D eigenvalue weighted by atomic mass is 15.2. The van der Waals surface area contributed by atoms with Crippen LogP contribution in [0.15, 0.2) is 30.5 Å². The molecular formula is C10H12N4. The van der Waals surface area contributed by atoms with Gasteiger partial charge in [0.25, 0.3) is 0 Å². The summed E-state index contributed by atoms with van der Waals surface area (Å²) in [6.07, 6.45) is 1.74. The van der Waals surface area contributed by atoms with Gasteiger partial charge in [0.2, 0.25) is 0 Å². The van der Waals surface area contributed by atoms with Gasteiger partial charge in [-0.2, -0.15) is 0 Å². The molecule has 0 spiro atoms. The lowest BCUT2D eigenvalue weighted by Crippen LogP contribution is -2.26. The summed E-state index contributed by atoms with van der Waals surface area (Å²) >= 11 is 0. The molecule has 0 radical (unpaired) electrons. The van der Waals surface area contributed by atoms with Gasteiger partial charge >= 0.3 is 0 Å². The second-order valence-electron chi connectivity index (χ2n) is 3.17. The van der Waals surface area contributed by atoms with Crippen molar-refractivity contribution in [2.45, 2.75) is 13.0 Å². The number of hydrazine groups is 1. The summed E-state index contributed by atoms with van der Waals surface area (Å²) in [6.45, 7) is 1.94. The maximum Gasteiger partial charge on any atom is 0.0890 e. The molecule has 1 aromatic heterocycles. The van der Waals surface area contributed by atoms with Crippen molar-refractivity contribution in [3.8, 4) is 0 Å². The zero-order valence-corrected chi connectivity index (χ0v) is 7.94. The fraction of sp³-hybridized carbons (Fsp3) is 0.200. The van der Waals surface area contributed by atoms with E-state index in [1.807, 2.05) is 31.2 Å². The van der Waals surface area contributed by atoms with Crippen molar-refractivity contribution >= 4 is 11.0 Å². The number of aromatic nitrogens is 2. The quantitative estimate of drug-likeness (QED) is 0.548. The summed E-state index contributed by atoms with van der Waals surface area (Å²) in [4.78, 5) is 8.73. The molecule has 0 saturated carbocycles. The van der Waals surface area contributed by atoms with Crippen LogP contribution < -0.4 is 11.3 Å². The molecule has 4 nitrogen and oxygen atoms in total. The van der Waals surface area contributed by atoms with E-state index >= 15 is 0 Å². The SMILES string of the molecule is CC(NN)c1cnc2ccccc2n1. The van der Waals surface area contributed by atoms with E-state index in [2.05, 4.69) is 15.4 Å². The smallest absolute Gasteiger partial charge is 0.0890 e. The van der Waals surface area contributed by atoms with E-state index in [0.29, 0.717) is 0 Å². The van der Waals surface area contributed by atoms with Crippen molar-refractivity contribution in [3.63, 3.8) is 0 Å². The highest BCUT2D eigenvalue weighted by Crippen LogP contribution is 2.12. The molecule has 4 heteroatoms. The number of benzene rings is 1. The molecule has 1 aromatic carbocycles. The van der Waals surface area contributed by atoms with Crippen LogP contribution in [0, 0.1) is 0 Å². The van der Waals surface area contributed by atoms with Gasteiger partial charge in [0, 0.05) is 0 Å². The fourth-order valence-corrected chi connectivity index (χ4v) is 1.27. The van der Waals surface area contributed by atoms with Crippen LogP contribution in [0.2, 0.25) is 0 Å². The molecule has 0 saturated heterocycles. The van der Waals surface area contributed by atoms with Crippen molar-refractivity contribution < 1.29 is 0 Å². The Bertz CT molecular complexity index is 441. The van der Waals surface area contributed by atoms with Crippen LogP contribution in [0.3, 0.4) is 0 Å². The number of fused-ring (bicyclic) bond motifs is 1. The largest absolute Gasteiger partial charge is 0.271 e. The Labute approximate surface area is 82.1 Å². The van der Waals surface area contributed by atoms with Crippen LogP contribution in [-0.4, -0.2) is 9.97 Å². The van der Waals surface area contributed by atoms with Crippen molar-refractivity contribution in [2.24, 2.45) is 5.84 Å². The molecule has 1 unspecified atom stereocenters. The first kappa shape index (κ1) is 9.05. The first-order valence-electron chi connectivity index (χ1n) is 4.49. The highest BCUT2D eigenvalue weighted by molar-refractivity contribution is 5.73. The molecule has 1 atom stereocenters. The molecule has 14 heavy (non-hydrogen) atoms. The average molecular weight is 188 g/mol. The van der Waals surface area contributed by atoms with E-state index in [4.69, 9.17) is 5.84 Å². The molecule has 0 aliphatic heterocycles. The molecule has 3 N–H and O–H groups in total. The third kappa shape index (κ3) is 1.57. The van der Waals surface area contributed by atoms with Crippen LogP contribution in [0.25, 0.3) is 11.0 Å². The molecule has 72 valence electrons. The van der Waals surface area contributed by atoms with E-state index in [1.54, 1.807) is 6.20 Å². The number of para-hydroxylation sites is 2. The summed E-state index contributed by atoms with van der Waals surface area (Å²) in [5, 5.41) is 0. The molecular weight excluding hydrogens is 176 g/mol. The van der Waals surface area contributed by atoms with Gasteiger partial charge in [-0.05, 0) is 19.1 Å². The summed E-state index contributed by atoms with van der Waals surface area (Å²) in [7, 11) is 0. The minimum Gasteiger partial charge on any atom is -0.271 e. The van der Waals surface area contributed by atoms with Crippen molar-refractivity contribution in [1.82, 2.24) is 15.4 Å². The summed E-state index contributed by atoms with van der Waals surface area (Å²) < 4.78 is 0. The fourth-order valence-electron chi connectivity index (χ4n) is 1.27. The maximum atomic E-state index is 5.33. The summed E-state index contributed by atoms with van der Waals surface area (Å²) in [5.41, 5.74) is 5.30. The number of nitrogens with two attached hydrogens (primary N) is 1. The zero-order valence-electron chi connectivity index (χ0n) is 7.94. The molecule has 0 amide bonds. The monoisotopic (exact) mass is 188 g/mol. The predicted molar refractivity (Wildman–Crippen MR) is 55.3 cm³/mol. The van der Waals surface area contributed by atoms with Crippen LogP contribution in [0.1, 0.15) is 18.7 Å². The lowest BCUT2D eigenvalue weighted by Gasteiger charge is -2.08.